The van der Waals surface area contributed by atoms with Crippen molar-refractivity contribution in [3.63, 3.8) is 0 Å². The van der Waals surface area contributed by atoms with E-state index < -0.39 is 0 Å². The average Bonchev–Trinajstić information content (AvgIpc) is 1.98. The molecule has 4 nitrogen and oxygen atoms in total. The van der Waals surface area contributed by atoms with Gasteiger partial charge in [0.15, 0.2) is 0 Å². The molecule has 0 aliphatic heterocycles. The second kappa shape index (κ2) is 4.69. The van der Waals surface area contributed by atoms with Gasteiger partial charge in [-0.3, -0.25) is 9.69 Å². The van der Waals surface area contributed by atoms with Crippen molar-refractivity contribution in [2.75, 3.05) is 13.6 Å². The third-order valence-corrected chi connectivity index (χ3v) is 1.65. The number of likely N-dealkylation sites (N-methyl/N-ethyl adjacent to an activating group) is 1. The molecule has 0 spiro atoms. The van der Waals surface area contributed by atoms with E-state index in [2.05, 4.69) is 0 Å². The number of nitrogens with two attached hydrogens (primary N) is 1. The molecule has 1 unspecified atom stereocenters. The van der Waals surface area contributed by atoms with E-state index in [1.807, 2.05) is 6.07 Å². The summed E-state index contributed by atoms with van der Waals surface area (Å²) < 4.78 is 0. The van der Waals surface area contributed by atoms with E-state index in [4.69, 9.17) is 11.0 Å². The van der Waals surface area contributed by atoms with Gasteiger partial charge in [0, 0.05) is 13.0 Å². The summed E-state index contributed by atoms with van der Waals surface area (Å²) in [6.45, 7) is 2.31. The van der Waals surface area contributed by atoms with E-state index in [1.165, 1.54) is 0 Å². The summed E-state index contributed by atoms with van der Waals surface area (Å²) in [5, 5.41) is 8.24. The minimum Gasteiger partial charge on any atom is -0.368 e. The lowest BCUT2D eigenvalue weighted by Crippen LogP contribution is -2.40. The van der Waals surface area contributed by atoms with Crippen molar-refractivity contribution < 1.29 is 4.79 Å². The fraction of sp³-hybridized carbons (Fsp3) is 0.714. The lowest BCUT2D eigenvalue weighted by molar-refractivity contribution is -0.122. The molecular weight excluding hydrogens is 142 g/mol. The zero-order valence-corrected chi connectivity index (χ0v) is 6.87. The first-order valence-corrected chi connectivity index (χ1v) is 3.46. The van der Waals surface area contributed by atoms with Crippen LogP contribution in [0.2, 0.25) is 0 Å². The van der Waals surface area contributed by atoms with Crippen molar-refractivity contribution in [1.82, 2.24) is 4.90 Å². The minimum absolute atomic E-state index is 0.289. The minimum atomic E-state index is -0.356. The second-order valence-electron chi connectivity index (χ2n) is 2.47. The molecular formula is C7H13N3O. The Morgan fingerprint density at radius 3 is 2.73 bits per heavy atom. The van der Waals surface area contributed by atoms with Crippen LogP contribution in [0.5, 0.6) is 0 Å². The predicted octanol–water partition coefficient (Wildman–Crippen LogP) is -0.294. The highest BCUT2D eigenvalue weighted by Crippen LogP contribution is 1.94. The Bertz CT molecular complexity index is 173. The number of carbonyl (C=O) groups is 1. The first-order chi connectivity index (χ1) is 5.09. The van der Waals surface area contributed by atoms with Gasteiger partial charge in [-0.1, -0.05) is 0 Å². The summed E-state index contributed by atoms with van der Waals surface area (Å²) in [6.07, 6.45) is 0.425. The third-order valence-electron chi connectivity index (χ3n) is 1.65. The Kier molecular flexibility index (Phi) is 4.23. The zero-order chi connectivity index (χ0) is 8.85. The molecule has 11 heavy (non-hydrogen) atoms. The van der Waals surface area contributed by atoms with Gasteiger partial charge in [0.05, 0.1) is 12.1 Å². The van der Waals surface area contributed by atoms with Crippen LogP contribution < -0.4 is 5.73 Å². The molecule has 0 aliphatic carbocycles. The summed E-state index contributed by atoms with van der Waals surface area (Å²) in [4.78, 5) is 12.4. The van der Waals surface area contributed by atoms with Gasteiger partial charge in [0.25, 0.3) is 0 Å². The number of hydrogen-bond acceptors (Lipinski definition) is 3. The van der Waals surface area contributed by atoms with Gasteiger partial charge in [0.1, 0.15) is 0 Å². The number of hydrogen-bond donors (Lipinski definition) is 1. The number of carbonyl (C=O) groups excluding carboxylic acids is 1. The van der Waals surface area contributed by atoms with Gasteiger partial charge >= 0.3 is 0 Å². The van der Waals surface area contributed by atoms with E-state index >= 15 is 0 Å². The van der Waals surface area contributed by atoms with Crippen molar-refractivity contribution in [2.24, 2.45) is 5.73 Å². The van der Waals surface area contributed by atoms with Crippen molar-refractivity contribution in [3.05, 3.63) is 0 Å². The highest BCUT2D eigenvalue weighted by atomic mass is 16.1. The molecule has 1 amide bonds. The topological polar surface area (TPSA) is 70.1 Å². The summed E-state index contributed by atoms with van der Waals surface area (Å²) in [5.74, 6) is -0.356. The summed E-state index contributed by atoms with van der Waals surface area (Å²) >= 11 is 0. The molecule has 0 aromatic carbocycles. The first-order valence-electron chi connectivity index (χ1n) is 3.46. The van der Waals surface area contributed by atoms with E-state index in [-0.39, 0.29) is 11.9 Å². The van der Waals surface area contributed by atoms with Crippen LogP contribution in [0.25, 0.3) is 0 Å². The van der Waals surface area contributed by atoms with E-state index in [1.54, 1.807) is 18.9 Å². The number of rotatable bonds is 4. The van der Waals surface area contributed by atoms with Gasteiger partial charge < -0.3 is 5.73 Å². The smallest absolute Gasteiger partial charge is 0.234 e. The summed E-state index contributed by atoms with van der Waals surface area (Å²) in [7, 11) is 1.77. The predicted molar refractivity (Wildman–Crippen MR) is 41.5 cm³/mol. The zero-order valence-electron chi connectivity index (χ0n) is 6.87. The van der Waals surface area contributed by atoms with Crippen LogP contribution >= 0.6 is 0 Å². The van der Waals surface area contributed by atoms with Crippen LogP contribution in [0.15, 0.2) is 0 Å². The molecule has 0 aromatic heterocycles. The van der Waals surface area contributed by atoms with Crippen LogP contribution in [-0.4, -0.2) is 30.4 Å². The Labute approximate surface area is 66.6 Å². The van der Waals surface area contributed by atoms with E-state index in [0.717, 1.165) is 0 Å². The van der Waals surface area contributed by atoms with E-state index in [0.29, 0.717) is 13.0 Å². The van der Waals surface area contributed by atoms with Gasteiger partial charge in [-0.15, -0.1) is 0 Å². The van der Waals surface area contributed by atoms with Crippen LogP contribution in [0, 0.1) is 11.3 Å². The second-order valence-corrected chi connectivity index (χ2v) is 2.47. The van der Waals surface area contributed by atoms with Crippen molar-refractivity contribution >= 4 is 5.91 Å². The van der Waals surface area contributed by atoms with Crippen LogP contribution in [0.4, 0.5) is 0 Å². The molecule has 0 saturated carbocycles. The van der Waals surface area contributed by atoms with Gasteiger partial charge in [0.2, 0.25) is 5.91 Å². The normalized spacial score (nSPS) is 12.5. The maximum Gasteiger partial charge on any atom is 0.234 e. The van der Waals surface area contributed by atoms with Gasteiger partial charge in [-0.25, -0.2) is 0 Å². The maximum absolute atomic E-state index is 10.6. The molecule has 0 fully saturated rings. The molecule has 0 bridgehead atoms. The Morgan fingerprint density at radius 2 is 2.36 bits per heavy atom. The number of amides is 1. The standard InChI is InChI=1S/C7H13N3O/c1-6(7(9)11)10(2)5-3-4-8/h6H,3,5H2,1-2H3,(H2,9,11). The molecule has 2 N–H and O–H groups in total. The lowest BCUT2D eigenvalue weighted by atomic mass is 10.3. The molecule has 0 aromatic rings. The number of primary amides is 1. The summed E-state index contributed by atoms with van der Waals surface area (Å²) in [6, 6.07) is 1.71. The Balaban J connectivity index is 3.75. The quantitative estimate of drug-likeness (QED) is 0.606. The van der Waals surface area contributed by atoms with Crippen molar-refractivity contribution in [2.45, 2.75) is 19.4 Å². The van der Waals surface area contributed by atoms with Gasteiger partial charge in [-0.2, -0.15) is 5.26 Å². The maximum atomic E-state index is 10.6. The fourth-order valence-electron chi connectivity index (χ4n) is 0.637. The molecule has 0 heterocycles. The van der Waals surface area contributed by atoms with Crippen molar-refractivity contribution in [1.29, 1.82) is 5.26 Å². The molecule has 62 valence electrons. The number of nitriles is 1. The van der Waals surface area contributed by atoms with Crippen LogP contribution in [0.1, 0.15) is 13.3 Å². The fourth-order valence-corrected chi connectivity index (χ4v) is 0.637. The van der Waals surface area contributed by atoms with E-state index in [9.17, 15) is 4.79 Å². The molecule has 0 radical (unpaired) electrons. The van der Waals surface area contributed by atoms with Crippen molar-refractivity contribution in [3.8, 4) is 6.07 Å². The highest BCUT2D eigenvalue weighted by Gasteiger charge is 2.13. The molecule has 0 saturated heterocycles. The third kappa shape index (κ3) is 3.58. The van der Waals surface area contributed by atoms with Gasteiger partial charge in [-0.05, 0) is 14.0 Å². The van der Waals surface area contributed by atoms with Crippen LogP contribution in [0.3, 0.4) is 0 Å². The van der Waals surface area contributed by atoms with Crippen LogP contribution in [-0.2, 0) is 4.79 Å². The average molecular weight is 155 g/mol. The Morgan fingerprint density at radius 1 is 1.82 bits per heavy atom. The first kappa shape index (κ1) is 9.92. The molecule has 1 atom stereocenters. The molecule has 0 rings (SSSR count). The molecule has 4 heteroatoms. The number of nitrogens with zero attached hydrogens (tertiary/aromatic N) is 2. The Hall–Kier alpha value is -1.08. The molecule has 0 aliphatic rings. The monoisotopic (exact) mass is 155 g/mol. The highest BCUT2D eigenvalue weighted by molar-refractivity contribution is 5.79. The SMILES string of the molecule is CC(C(N)=O)N(C)CCC#N. The largest absolute Gasteiger partial charge is 0.368 e. The lowest BCUT2D eigenvalue weighted by Gasteiger charge is -2.19. The summed E-state index contributed by atoms with van der Waals surface area (Å²) in [5.41, 5.74) is 5.05.